The smallest absolute Gasteiger partial charge is 0.251 e. The molecule has 2 aromatic carbocycles. The quantitative estimate of drug-likeness (QED) is 0.561. The van der Waals surface area contributed by atoms with Crippen molar-refractivity contribution in [3.8, 4) is 0 Å². The molecule has 6 nitrogen and oxygen atoms in total. The highest BCUT2D eigenvalue weighted by Gasteiger charge is 2.17. The standard InChI is InChI=1S/C23H24FN3O3/c24-18-6-7-21-20(11-18)17(13-25-21)10-22(28)26-12-15-3-1-4-16(9-15)23(29)27-14-19-5-2-8-30-19/h1,3-4,6-7,9,11,13,19,25H,2,5,8,10,12,14H2,(H,26,28)(H,27,29). The van der Waals surface area contributed by atoms with Gasteiger partial charge in [0.25, 0.3) is 5.91 Å². The van der Waals surface area contributed by atoms with Crippen molar-refractivity contribution >= 4 is 22.7 Å². The molecule has 0 aliphatic carbocycles. The molecule has 1 fully saturated rings. The van der Waals surface area contributed by atoms with Crippen molar-refractivity contribution in [1.29, 1.82) is 0 Å². The van der Waals surface area contributed by atoms with Crippen LogP contribution in [-0.4, -0.2) is 36.1 Å². The van der Waals surface area contributed by atoms with Gasteiger partial charge >= 0.3 is 0 Å². The number of halogens is 1. The number of aromatic amines is 1. The first-order chi connectivity index (χ1) is 14.6. The van der Waals surface area contributed by atoms with E-state index in [-0.39, 0.29) is 30.2 Å². The van der Waals surface area contributed by atoms with Crippen LogP contribution in [0.4, 0.5) is 4.39 Å². The summed E-state index contributed by atoms with van der Waals surface area (Å²) in [5.74, 6) is -0.661. The van der Waals surface area contributed by atoms with E-state index in [1.165, 1.54) is 12.1 Å². The van der Waals surface area contributed by atoms with E-state index in [9.17, 15) is 14.0 Å². The lowest BCUT2D eigenvalue weighted by atomic mass is 10.1. The molecule has 0 spiro atoms. The maximum Gasteiger partial charge on any atom is 0.251 e. The molecule has 1 saturated heterocycles. The van der Waals surface area contributed by atoms with E-state index in [1.807, 2.05) is 6.07 Å². The number of carbonyl (C=O) groups is 2. The highest BCUT2D eigenvalue weighted by Crippen LogP contribution is 2.20. The van der Waals surface area contributed by atoms with E-state index < -0.39 is 0 Å². The lowest BCUT2D eigenvalue weighted by Gasteiger charge is -2.11. The summed E-state index contributed by atoms with van der Waals surface area (Å²) in [7, 11) is 0. The summed E-state index contributed by atoms with van der Waals surface area (Å²) in [4.78, 5) is 27.8. The van der Waals surface area contributed by atoms with E-state index >= 15 is 0 Å². The second-order valence-corrected chi connectivity index (χ2v) is 7.50. The molecule has 7 heteroatoms. The first kappa shape index (κ1) is 20.1. The third-order valence-corrected chi connectivity index (χ3v) is 5.27. The molecule has 2 heterocycles. The molecular weight excluding hydrogens is 385 g/mol. The molecule has 156 valence electrons. The van der Waals surface area contributed by atoms with Gasteiger partial charge in [-0.1, -0.05) is 12.1 Å². The Kier molecular flexibility index (Phi) is 6.09. The number of ether oxygens (including phenoxy) is 1. The summed E-state index contributed by atoms with van der Waals surface area (Å²) in [6.07, 6.45) is 3.96. The number of rotatable bonds is 7. The molecule has 30 heavy (non-hydrogen) atoms. The third-order valence-electron chi connectivity index (χ3n) is 5.27. The largest absolute Gasteiger partial charge is 0.376 e. The Morgan fingerprint density at radius 1 is 1.17 bits per heavy atom. The van der Waals surface area contributed by atoms with Crippen LogP contribution in [0.15, 0.2) is 48.7 Å². The minimum absolute atomic E-state index is 0.0920. The maximum absolute atomic E-state index is 13.5. The topological polar surface area (TPSA) is 83.2 Å². The summed E-state index contributed by atoms with van der Waals surface area (Å²) in [6, 6.07) is 11.6. The van der Waals surface area contributed by atoms with Crippen molar-refractivity contribution in [2.75, 3.05) is 13.2 Å². The van der Waals surface area contributed by atoms with Crippen molar-refractivity contribution in [1.82, 2.24) is 15.6 Å². The van der Waals surface area contributed by atoms with Crippen molar-refractivity contribution in [2.45, 2.75) is 31.9 Å². The lowest BCUT2D eigenvalue weighted by molar-refractivity contribution is -0.120. The Hall–Kier alpha value is -3.19. The number of aromatic nitrogens is 1. The Balaban J connectivity index is 1.31. The van der Waals surface area contributed by atoms with Crippen molar-refractivity contribution in [3.63, 3.8) is 0 Å². The molecule has 4 rings (SSSR count). The normalized spacial score (nSPS) is 16.0. The van der Waals surface area contributed by atoms with Gasteiger partial charge in [-0.2, -0.15) is 0 Å². The molecule has 0 bridgehead atoms. The van der Waals surface area contributed by atoms with Gasteiger partial charge < -0.3 is 20.4 Å². The molecule has 2 amide bonds. The summed E-state index contributed by atoms with van der Waals surface area (Å²) in [5, 5.41) is 6.46. The van der Waals surface area contributed by atoms with Crippen LogP contribution in [0.3, 0.4) is 0 Å². The van der Waals surface area contributed by atoms with Gasteiger partial charge in [0.15, 0.2) is 0 Å². The molecule has 1 aliphatic rings. The van der Waals surface area contributed by atoms with Crippen LogP contribution in [0.25, 0.3) is 10.9 Å². The van der Waals surface area contributed by atoms with E-state index in [4.69, 9.17) is 4.74 Å². The van der Waals surface area contributed by atoms with Crippen LogP contribution >= 0.6 is 0 Å². The van der Waals surface area contributed by atoms with Gasteiger partial charge in [-0.05, 0) is 54.3 Å². The van der Waals surface area contributed by atoms with Crippen molar-refractivity contribution < 1.29 is 18.7 Å². The first-order valence-corrected chi connectivity index (χ1v) is 10.1. The fraction of sp³-hybridized carbons (Fsp3) is 0.304. The fourth-order valence-electron chi connectivity index (χ4n) is 3.67. The Bertz CT molecular complexity index is 1060. The molecule has 1 unspecified atom stereocenters. The van der Waals surface area contributed by atoms with Gasteiger partial charge in [0, 0.05) is 42.4 Å². The van der Waals surface area contributed by atoms with E-state index in [2.05, 4.69) is 15.6 Å². The minimum atomic E-state index is -0.335. The second kappa shape index (κ2) is 9.09. The zero-order chi connectivity index (χ0) is 20.9. The van der Waals surface area contributed by atoms with Gasteiger partial charge in [0.2, 0.25) is 5.91 Å². The number of amides is 2. The van der Waals surface area contributed by atoms with Gasteiger partial charge in [-0.25, -0.2) is 4.39 Å². The van der Waals surface area contributed by atoms with Crippen LogP contribution in [0.2, 0.25) is 0 Å². The Morgan fingerprint density at radius 3 is 2.90 bits per heavy atom. The highest BCUT2D eigenvalue weighted by molar-refractivity contribution is 5.94. The zero-order valence-corrected chi connectivity index (χ0v) is 16.5. The number of hydrogen-bond acceptors (Lipinski definition) is 3. The predicted octanol–water partition coefficient (Wildman–Crippen LogP) is 3.07. The van der Waals surface area contributed by atoms with E-state index in [0.717, 1.165) is 36.1 Å². The summed E-state index contributed by atoms with van der Waals surface area (Å²) < 4.78 is 19.0. The zero-order valence-electron chi connectivity index (χ0n) is 16.5. The molecule has 1 aromatic heterocycles. The Morgan fingerprint density at radius 2 is 2.07 bits per heavy atom. The second-order valence-electron chi connectivity index (χ2n) is 7.50. The first-order valence-electron chi connectivity index (χ1n) is 10.1. The molecule has 1 atom stereocenters. The van der Waals surface area contributed by atoms with Gasteiger partial charge in [0.05, 0.1) is 12.5 Å². The number of nitrogens with one attached hydrogen (secondary N) is 3. The van der Waals surface area contributed by atoms with Crippen LogP contribution in [0.5, 0.6) is 0 Å². The molecule has 0 radical (unpaired) electrons. The monoisotopic (exact) mass is 409 g/mol. The SMILES string of the molecule is O=C(Cc1c[nH]c2ccc(F)cc12)NCc1cccc(C(=O)NCC2CCCO2)c1. The van der Waals surface area contributed by atoms with Crippen LogP contribution in [0, 0.1) is 5.82 Å². The average molecular weight is 409 g/mol. The molecule has 0 saturated carbocycles. The molecular formula is C23H24FN3O3. The average Bonchev–Trinajstić information content (AvgIpc) is 3.41. The van der Waals surface area contributed by atoms with Crippen LogP contribution < -0.4 is 10.6 Å². The van der Waals surface area contributed by atoms with Gasteiger partial charge in [-0.15, -0.1) is 0 Å². The third kappa shape index (κ3) is 4.86. The van der Waals surface area contributed by atoms with Gasteiger partial charge in [0.1, 0.15) is 5.82 Å². The number of carbonyl (C=O) groups excluding carboxylic acids is 2. The molecule has 3 N–H and O–H groups in total. The lowest BCUT2D eigenvalue weighted by Crippen LogP contribution is -2.31. The number of hydrogen-bond donors (Lipinski definition) is 3. The summed E-state index contributed by atoms with van der Waals surface area (Å²) >= 11 is 0. The maximum atomic E-state index is 13.5. The molecule has 3 aromatic rings. The highest BCUT2D eigenvalue weighted by atomic mass is 19.1. The number of benzene rings is 2. The van der Waals surface area contributed by atoms with E-state index in [1.54, 1.807) is 30.5 Å². The van der Waals surface area contributed by atoms with Crippen LogP contribution in [0.1, 0.15) is 34.3 Å². The van der Waals surface area contributed by atoms with Gasteiger partial charge in [-0.3, -0.25) is 9.59 Å². The predicted molar refractivity (Wildman–Crippen MR) is 112 cm³/mol. The van der Waals surface area contributed by atoms with Crippen LogP contribution in [-0.2, 0) is 22.5 Å². The number of H-pyrrole nitrogens is 1. The Labute approximate surface area is 173 Å². The number of fused-ring (bicyclic) bond motifs is 1. The van der Waals surface area contributed by atoms with Crippen molar-refractivity contribution in [2.24, 2.45) is 0 Å². The van der Waals surface area contributed by atoms with Crippen molar-refractivity contribution in [3.05, 3.63) is 71.2 Å². The minimum Gasteiger partial charge on any atom is -0.376 e. The van der Waals surface area contributed by atoms with E-state index in [0.29, 0.717) is 24.0 Å². The molecule has 1 aliphatic heterocycles. The summed E-state index contributed by atoms with van der Waals surface area (Å²) in [5.41, 5.74) is 2.91. The summed E-state index contributed by atoms with van der Waals surface area (Å²) in [6.45, 7) is 1.57. The fourth-order valence-corrected chi connectivity index (χ4v) is 3.67.